The molecule has 0 saturated heterocycles. The third kappa shape index (κ3) is 11.4. The molecule has 0 saturated carbocycles. The molecule has 28 heavy (non-hydrogen) atoms. The summed E-state index contributed by atoms with van der Waals surface area (Å²) in [5, 5.41) is 0. The Balaban J connectivity index is 5.29. The van der Waals surface area contributed by atoms with E-state index < -0.39 is 31.8 Å². The number of carbonyl (C=O) groups excluding carboxylic acids is 2. The first-order valence-electron chi connectivity index (χ1n) is 9.25. The number of hydrogen-bond donors (Lipinski definition) is 1. The van der Waals surface area contributed by atoms with E-state index in [0.29, 0.717) is 11.0 Å². The van der Waals surface area contributed by atoms with Gasteiger partial charge in [-0.25, -0.2) is 9.59 Å². The fraction of sp³-hybridized carbons (Fsp3) is 0.684. The summed E-state index contributed by atoms with van der Waals surface area (Å²) in [5.41, 5.74) is -0.879. The van der Waals surface area contributed by atoms with Gasteiger partial charge in [0, 0.05) is 11.1 Å². The highest BCUT2D eigenvalue weighted by Gasteiger charge is 2.33. The van der Waals surface area contributed by atoms with Crippen molar-refractivity contribution in [3.63, 3.8) is 0 Å². The monoisotopic (exact) mass is 420 g/mol. The van der Waals surface area contributed by atoms with Crippen LogP contribution in [0, 0.1) is 0 Å². The highest BCUT2D eigenvalue weighted by atomic mass is 31.2. The number of carbonyl (C=O) groups is 2. The SMILES string of the molecule is C=C(C)C(=O)OCC(C=C(C)C(=O)OCCCC)P(=O)(O)OCC[N+](C)(C)C. The topological polar surface area (TPSA) is 99.1 Å². The molecule has 0 fully saturated rings. The van der Waals surface area contributed by atoms with Gasteiger partial charge < -0.3 is 23.4 Å². The van der Waals surface area contributed by atoms with Crippen LogP contribution in [0.15, 0.2) is 23.8 Å². The molecule has 8 nitrogen and oxygen atoms in total. The number of unbranched alkanes of at least 4 members (excludes halogenated alkanes) is 1. The van der Waals surface area contributed by atoms with Crippen LogP contribution in [-0.4, -0.2) is 74.5 Å². The molecule has 0 radical (unpaired) electrons. The van der Waals surface area contributed by atoms with Crippen LogP contribution in [0.1, 0.15) is 33.6 Å². The zero-order valence-electron chi connectivity index (χ0n) is 17.9. The molecule has 1 N–H and O–H groups in total. The fourth-order valence-electron chi connectivity index (χ4n) is 1.84. The van der Waals surface area contributed by atoms with Gasteiger partial charge in [0.1, 0.15) is 25.4 Å². The van der Waals surface area contributed by atoms with E-state index in [1.807, 2.05) is 28.1 Å². The third-order valence-electron chi connectivity index (χ3n) is 3.69. The van der Waals surface area contributed by atoms with Crippen molar-refractivity contribution in [3.05, 3.63) is 23.8 Å². The lowest BCUT2D eigenvalue weighted by atomic mass is 10.2. The molecule has 162 valence electrons. The zero-order chi connectivity index (χ0) is 22.0. The summed E-state index contributed by atoms with van der Waals surface area (Å²) in [4.78, 5) is 34.1. The molecule has 0 heterocycles. The molecule has 2 atom stereocenters. The van der Waals surface area contributed by atoms with E-state index in [-0.39, 0.29) is 24.4 Å². The maximum atomic E-state index is 12.7. The number of rotatable bonds is 13. The van der Waals surface area contributed by atoms with Crippen LogP contribution in [0.5, 0.6) is 0 Å². The lowest BCUT2D eigenvalue weighted by Gasteiger charge is -2.25. The summed E-state index contributed by atoms with van der Waals surface area (Å²) in [7, 11) is 1.57. The Bertz CT molecular complexity index is 622. The number of likely N-dealkylation sites (N-methyl/N-ethyl adjacent to an activating group) is 1. The second kappa shape index (κ2) is 12.2. The van der Waals surface area contributed by atoms with Gasteiger partial charge in [0.25, 0.3) is 0 Å². The summed E-state index contributed by atoms with van der Waals surface area (Å²) < 4.78 is 28.6. The van der Waals surface area contributed by atoms with Crippen LogP contribution in [0.25, 0.3) is 0 Å². The highest BCUT2D eigenvalue weighted by molar-refractivity contribution is 7.53. The number of nitrogens with zero attached hydrogens (tertiary/aromatic N) is 1. The highest BCUT2D eigenvalue weighted by Crippen LogP contribution is 2.48. The predicted molar refractivity (Wildman–Crippen MR) is 108 cm³/mol. The Morgan fingerprint density at radius 3 is 2.25 bits per heavy atom. The predicted octanol–water partition coefficient (Wildman–Crippen LogP) is 2.67. The van der Waals surface area contributed by atoms with E-state index in [0.717, 1.165) is 12.8 Å². The zero-order valence-corrected chi connectivity index (χ0v) is 18.8. The Morgan fingerprint density at radius 1 is 1.14 bits per heavy atom. The molecule has 0 rings (SSSR count). The fourth-order valence-corrected chi connectivity index (χ4v) is 3.05. The van der Waals surface area contributed by atoms with E-state index in [9.17, 15) is 19.0 Å². The minimum absolute atomic E-state index is 0.0377. The molecule has 0 spiro atoms. The summed E-state index contributed by atoms with van der Waals surface area (Å²) in [6, 6.07) is 0. The van der Waals surface area contributed by atoms with Crippen molar-refractivity contribution in [1.29, 1.82) is 0 Å². The summed E-state index contributed by atoms with van der Waals surface area (Å²) in [6.07, 6.45) is 2.87. The Labute approximate surface area is 168 Å². The van der Waals surface area contributed by atoms with Crippen molar-refractivity contribution in [2.24, 2.45) is 0 Å². The Hall–Kier alpha value is -1.47. The minimum atomic E-state index is -4.20. The maximum Gasteiger partial charge on any atom is 0.338 e. The van der Waals surface area contributed by atoms with Gasteiger partial charge in [0.15, 0.2) is 0 Å². The van der Waals surface area contributed by atoms with Gasteiger partial charge in [-0.2, -0.15) is 0 Å². The molecular formula is C19H35NO7P+. The first-order valence-corrected chi connectivity index (χ1v) is 10.9. The first kappa shape index (κ1) is 26.5. The van der Waals surface area contributed by atoms with Gasteiger partial charge in [0.05, 0.1) is 27.7 Å². The van der Waals surface area contributed by atoms with Crippen molar-refractivity contribution in [1.82, 2.24) is 0 Å². The number of quaternary nitrogens is 1. The lowest BCUT2D eigenvalue weighted by Crippen LogP contribution is -2.37. The van der Waals surface area contributed by atoms with E-state index in [1.165, 1.54) is 19.9 Å². The van der Waals surface area contributed by atoms with Crippen molar-refractivity contribution in [2.75, 3.05) is 47.5 Å². The Morgan fingerprint density at radius 2 is 1.75 bits per heavy atom. The molecule has 0 aliphatic rings. The molecule has 9 heteroatoms. The second-order valence-electron chi connectivity index (χ2n) is 7.70. The molecule has 0 aromatic rings. The smallest absolute Gasteiger partial charge is 0.338 e. The number of ether oxygens (including phenoxy) is 2. The van der Waals surface area contributed by atoms with Gasteiger partial charge in [-0.1, -0.05) is 26.0 Å². The van der Waals surface area contributed by atoms with Crippen LogP contribution < -0.4 is 0 Å². The summed E-state index contributed by atoms with van der Waals surface area (Å²) in [6.45, 7) is 8.80. The number of hydrogen-bond acceptors (Lipinski definition) is 6. The minimum Gasteiger partial charge on any atom is -0.462 e. The van der Waals surface area contributed by atoms with Crippen LogP contribution in [0.2, 0.25) is 0 Å². The van der Waals surface area contributed by atoms with Crippen molar-refractivity contribution in [3.8, 4) is 0 Å². The maximum absolute atomic E-state index is 12.7. The van der Waals surface area contributed by atoms with E-state index in [2.05, 4.69) is 6.58 Å². The lowest BCUT2D eigenvalue weighted by molar-refractivity contribution is -0.870. The summed E-state index contributed by atoms with van der Waals surface area (Å²) in [5.74, 6) is -1.27. The van der Waals surface area contributed by atoms with Crippen LogP contribution in [0.4, 0.5) is 0 Å². The van der Waals surface area contributed by atoms with E-state index >= 15 is 0 Å². The molecule has 0 bridgehead atoms. The molecule has 0 amide bonds. The van der Waals surface area contributed by atoms with Crippen LogP contribution in [0.3, 0.4) is 0 Å². The van der Waals surface area contributed by atoms with Crippen LogP contribution >= 0.6 is 7.60 Å². The number of esters is 2. The first-order chi connectivity index (χ1) is 12.8. The largest absolute Gasteiger partial charge is 0.462 e. The molecular weight excluding hydrogens is 385 g/mol. The van der Waals surface area contributed by atoms with Gasteiger partial charge in [-0.05, 0) is 20.3 Å². The molecule has 0 aliphatic heterocycles. The summed E-state index contributed by atoms with van der Waals surface area (Å²) >= 11 is 0. The van der Waals surface area contributed by atoms with Crippen molar-refractivity contribution >= 4 is 19.5 Å². The van der Waals surface area contributed by atoms with Crippen LogP contribution in [-0.2, 0) is 28.2 Å². The van der Waals surface area contributed by atoms with E-state index in [1.54, 1.807) is 0 Å². The normalized spacial score (nSPS) is 15.5. The van der Waals surface area contributed by atoms with Crippen molar-refractivity contribution < 1.29 is 37.5 Å². The molecule has 0 aromatic heterocycles. The average molecular weight is 420 g/mol. The second-order valence-corrected chi connectivity index (χ2v) is 9.75. The average Bonchev–Trinajstić information content (AvgIpc) is 2.56. The molecule has 0 aromatic carbocycles. The van der Waals surface area contributed by atoms with Crippen molar-refractivity contribution in [2.45, 2.75) is 39.3 Å². The molecule has 2 unspecified atom stereocenters. The quantitative estimate of drug-likeness (QED) is 0.161. The van der Waals surface area contributed by atoms with Gasteiger partial charge >= 0.3 is 19.5 Å². The van der Waals surface area contributed by atoms with Gasteiger partial charge in [-0.15, -0.1) is 0 Å². The van der Waals surface area contributed by atoms with Gasteiger partial charge in [-0.3, -0.25) is 4.57 Å². The standard InChI is InChI=1S/C19H34NO7P/c1-8-9-11-25-19(22)16(4)13-17(14-26-18(21)15(2)3)28(23,24)27-12-10-20(5,6)7/h13,17H,2,8-12,14H2,1,3-7H3/p+1. The Kier molecular flexibility index (Phi) is 11.5. The van der Waals surface area contributed by atoms with Gasteiger partial charge in [0.2, 0.25) is 0 Å². The molecule has 0 aliphatic carbocycles. The van der Waals surface area contributed by atoms with E-state index in [4.69, 9.17) is 14.0 Å². The third-order valence-corrected chi connectivity index (χ3v) is 5.38.